The summed E-state index contributed by atoms with van der Waals surface area (Å²) in [5.41, 5.74) is 2.75. The normalized spacial score (nSPS) is 16.3. The Morgan fingerprint density at radius 2 is 1.86 bits per heavy atom. The zero-order valence-electron chi connectivity index (χ0n) is 13.7. The lowest BCUT2D eigenvalue weighted by Crippen LogP contribution is -2.39. The van der Waals surface area contributed by atoms with Crippen LogP contribution in [0.1, 0.15) is 46.6 Å². The molecular formula is C16H23N5O. The van der Waals surface area contributed by atoms with Crippen LogP contribution in [0.15, 0.2) is 12.3 Å². The Morgan fingerprint density at radius 1 is 1.18 bits per heavy atom. The molecule has 0 radical (unpaired) electrons. The molecule has 118 valence electrons. The second-order valence-corrected chi connectivity index (χ2v) is 6.13. The Morgan fingerprint density at radius 3 is 2.36 bits per heavy atom. The van der Waals surface area contributed by atoms with E-state index in [4.69, 9.17) is 0 Å². The third-order valence-electron chi connectivity index (χ3n) is 4.62. The second-order valence-electron chi connectivity index (χ2n) is 6.13. The molecule has 6 heteroatoms. The highest BCUT2D eigenvalue weighted by atomic mass is 16.2. The van der Waals surface area contributed by atoms with Crippen molar-refractivity contribution in [3.05, 3.63) is 35.2 Å². The Hall–Kier alpha value is -2.11. The zero-order chi connectivity index (χ0) is 15.9. The SMILES string of the molecule is Cc1cc(C(=O)N2CCC(n3c(C)cnc3C)CC2)nn1C. The first kappa shape index (κ1) is 14.8. The highest BCUT2D eigenvalue weighted by molar-refractivity contribution is 5.92. The van der Waals surface area contributed by atoms with Crippen LogP contribution in [-0.4, -0.2) is 43.2 Å². The largest absolute Gasteiger partial charge is 0.337 e. The molecule has 1 aliphatic heterocycles. The van der Waals surface area contributed by atoms with E-state index in [9.17, 15) is 4.79 Å². The van der Waals surface area contributed by atoms with Crippen LogP contribution >= 0.6 is 0 Å². The molecule has 6 nitrogen and oxygen atoms in total. The van der Waals surface area contributed by atoms with E-state index in [0.717, 1.165) is 37.4 Å². The Kier molecular flexibility index (Phi) is 3.76. The van der Waals surface area contributed by atoms with Gasteiger partial charge < -0.3 is 9.47 Å². The summed E-state index contributed by atoms with van der Waals surface area (Å²) in [5, 5.41) is 4.29. The maximum atomic E-state index is 12.5. The lowest BCUT2D eigenvalue weighted by molar-refractivity contribution is 0.0686. The van der Waals surface area contributed by atoms with Gasteiger partial charge in [0.05, 0.1) is 0 Å². The lowest BCUT2D eigenvalue weighted by atomic mass is 10.0. The van der Waals surface area contributed by atoms with E-state index in [-0.39, 0.29) is 5.91 Å². The molecule has 0 N–H and O–H groups in total. The monoisotopic (exact) mass is 301 g/mol. The number of carbonyl (C=O) groups is 1. The summed E-state index contributed by atoms with van der Waals surface area (Å²) in [4.78, 5) is 18.8. The molecule has 0 unspecified atom stereocenters. The van der Waals surface area contributed by atoms with Gasteiger partial charge in [-0.15, -0.1) is 0 Å². The highest BCUT2D eigenvalue weighted by Crippen LogP contribution is 2.26. The van der Waals surface area contributed by atoms with Gasteiger partial charge in [-0.3, -0.25) is 9.48 Å². The van der Waals surface area contributed by atoms with E-state index < -0.39 is 0 Å². The van der Waals surface area contributed by atoms with Crippen LogP contribution in [0.3, 0.4) is 0 Å². The third kappa shape index (κ3) is 2.53. The number of amides is 1. The maximum Gasteiger partial charge on any atom is 0.274 e. The van der Waals surface area contributed by atoms with Gasteiger partial charge >= 0.3 is 0 Å². The molecule has 2 aromatic rings. The lowest BCUT2D eigenvalue weighted by Gasteiger charge is -2.33. The van der Waals surface area contributed by atoms with Crippen LogP contribution in [0.5, 0.6) is 0 Å². The van der Waals surface area contributed by atoms with Gasteiger partial charge in [-0.1, -0.05) is 0 Å². The minimum absolute atomic E-state index is 0.0428. The van der Waals surface area contributed by atoms with E-state index >= 15 is 0 Å². The topological polar surface area (TPSA) is 56.0 Å². The number of aryl methyl sites for hydroxylation is 4. The molecule has 0 aliphatic carbocycles. The number of likely N-dealkylation sites (tertiary alicyclic amines) is 1. The number of piperidine rings is 1. The summed E-state index contributed by atoms with van der Waals surface area (Å²) in [6, 6.07) is 2.30. The number of imidazole rings is 1. The van der Waals surface area contributed by atoms with E-state index in [1.54, 1.807) is 4.68 Å². The summed E-state index contributed by atoms with van der Waals surface area (Å²) in [7, 11) is 1.86. The van der Waals surface area contributed by atoms with Crippen molar-refractivity contribution in [3.8, 4) is 0 Å². The summed E-state index contributed by atoms with van der Waals surface area (Å²) >= 11 is 0. The molecule has 0 atom stereocenters. The van der Waals surface area contributed by atoms with Gasteiger partial charge in [-0.25, -0.2) is 4.98 Å². The van der Waals surface area contributed by atoms with Crippen molar-refractivity contribution < 1.29 is 4.79 Å². The van der Waals surface area contributed by atoms with E-state index in [1.165, 1.54) is 5.69 Å². The van der Waals surface area contributed by atoms with Crippen molar-refractivity contribution in [1.29, 1.82) is 0 Å². The average Bonchev–Trinajstić information content (AvgIpc) is 3.01. The average molecular weight is 301 g/mol. The first-order chi connectivity index (χ1) is 10.5. The number of rotatable bonds is 2. The summed E-state index contributed by atoms with van der Waals surface area (Å²) in [6.07, 6.45) is 3.86. The summed E-state index contributed by atoms with van der Waals surface area (Å²) in [6.45, 7) is 7.64. The predicted molar refractivity (Wildman–Crippen MR) is 83.8 cm³/mol. The predicted octanol–water partition coefficient (Wildman–Crippen LogP) is 2.02. The molecule has 0 aromatic carbocycles. The van der Waals surface area contributed by atoms with Crippen LogP contribution in [0.4, 0.5) is 0 Å². The van der Waals surface area contributed by atoms with E-state index in [0.29, 0.717) is 11.7 Å². The minimum Gasteiger partial charge on any atom is -0.337 e. The number of carbonyl (C=O) groups excluding carboxylic acids is 1. The molecule has 1 amide bonds. The zero-order valence-corrected chi connectivity index (χ0v) is 13.7. The second kappa shape index (κ2) is 5.59. The molecule has 3 heterocycles. The van der Waals surface area contributed by atoms with Crippen molar-refractivity contribution in [1.82, 2.24) is 24.2 Å². The first-order valence-electron chi connectivity index (χ1n) is 7.77. The van der Waals surface area contributed by atoms with Gasteiger partial charge in [-0.05, 0) is 39.7 Å². The first-order valence-corrected chi connectivity index (χ1v) is 7.77. The van der Waals surface area contributed by atoms with Crippen LogP contribution in [0.2, 0.25) is 0 Å². The smallest absolute Gasteiger partial charge is 0.274 e. The van der Waals surface area contributed by atoms with Crippen LogP contribution in [0, 0.1) is 20.8 Å². The number of hydrogen-bond donors (Lipinski definition) is 0. The molecule has 1 fully saturated rings. The van der Waals surface area contributed by atoms with E-state index in [1.807, 2.05) is 38.1 Å². The molecule has 3 rings (SSSR count). The fourth-order valence-corrected chi connectivity index (χ4v) is 3.27. The standard InChI is InChI=1S/C16H23N5O/c1-11-9-15(18-19(11)4)16(22)20-7-5-14(6-8-20)21-12(2)10-17-13(21)3/h9-10,14H,5-8H2,1-4H3. The highest BCUT2D eigenvalue weighted by Gasteiger charge is 2.27. The van der Waals surface area contributed by atoms with Crippen LogP contribution < -0.4 is 0 Å². The molecule has 22 heavy (non-hydrogen) atoms. The fourth-order valence-electron chi connectivity index (χ4n) is 3.27. The van der Waals surface area contributed by atoms with Gasteiger partial charge in [0.15, 0.2) is 5.69 Å². The summed E-state index contributed by atoms with van der Waals surface area (Å²) < 4.78 is 4.05. The minimum atomic E-state index is 0.0428. The Balaban J connectivity index is 1.68. The van der Waals surface area contributed by atoms with E-state index in [2.05, 4.69) is 21.6 Å². The molecule has 0 bridgehead atoms. The van der Waals surface area contributed by atoms with Crippen molar-refractivity contribution in [2.45, 2.75) is 39.7 Å². The van der Waals surface area contributed by atoms with Gasteiger partial charge in [0.1, 0.15) is 5.82 Å². The molecule has 1 aliphatic rings. The van der Waals surface area contributed by atoms with Crippen LogP contribution in [0.25, 0.3) is 0 Å². The number of nitrogens with zero attached hydrogens (tertiary/aromatic N) is 5. The summed E-state index contributed by atoms with van der Waals surface area (Å²) in [5.74, 6) is 1.10. The third-order valence-corrected chi connectivity index (χ3v) is 4.62. The van der Waals surface area contributed by atoms with Crippen molar-refractivity contribution >= 4 is 5.91 Å². The van der Waals surface area contributed by atoms with Gasteiger partial charge in [0.25, 0.3) is 5.91 Å². The van der Waals surface area contributed by atoms with Crippen molar-refractivity contribution in [2.24, 2.45) is 7.05 Å². The quantitative estimate of drug-likeness (QED) is 0.852. The molecule has 0 spiro atoms. The van der Waals surface area contributed by atoms with Crippen LogP contribution in [-0.2, 0) is 7.05 Å². The fraction of sp³-hybridized carbons (Fsp3) is 0.562. The molecule has 1 saturated heterocycles. The molecule has 2 aromatic heterocycles. The molecule has 0 saturated carbocycles. The van der Waals surface area contributed by atoms with Gasteiger partial charge in [0, 0.05) is 43.8 Å². The number of hydrogen-bond acceptors (Lipinski definition) is 3. The number of aromatic nitrogens is 4. The van der Waals surface area contributed by atoms with Gasteiger partial charge in [-0.2, -0.15) is 5.10 Å². The molecular weight excluding hydrogens is 278 g/mol. The van der Waals surface area contributed by atoms with Crippen molar-refractivity contribution in [3.63, 3.8) is 0 Å². The van der Waals surface area contributed by atoms with Gasteiger partial charge in [0.2, 0.25) is 0 Å². The Labute approximate surface area is 130 Å². The maximum absolute atomic E-state index is 12.5. The van der Waals surface area contributed by atoms with Crippen molar-refractivity contribution in [2.75, 3.05) is 13.1 Å². The Bertz CT molecular complexity index is 652.